The quantitative estimate of drug-likeness (QED) is 0.622. The lowest BCUT2D eigenvalue weighted by atomic mass is 10.2. The number of piperazine rings is 1. The van der Waals surface area contributed by atoms with Gasteiger partial charge in [0, 0.05) is 43.0 Å². The highest BCUT2D eigenvalue weighted by Crippen LogP contribution is 2.32. The van der Waals surface area contributed by atoms with E-state index in [1.54, 1.807) is 23.1 Å². The number of carbonyl (C=O) groups excluding carboxylic acids is 1. The lowest BCUT2D eigenvalue weighted by Crippen LogP contribution is -2.52. The Labute approximate surface area is 187 Å². The maximum absolute atomic E-state index is 12.9. The molecule has 0 radical (unpaired) electrons. The largest absolute Gasteiger partial charge is 0.493 e. The van der Waals surface area contributed by atoms with Crippen molar-refractivity contribution in [3.8, 4) is 11.5 Å². The van der Waals surface area contributed by atoms with E-state index in [9.17, 15) is 13.2 Å². The van der Waals surface area contributed by atoms with Crippen molar-refractivity contribution in [1.82, 2.24) is 4.90 Å². The SMILES string of the molecule is COc1ccc(N(CC(=O)N2CCN(c3cccc(Cl)c3)CC2)S(C)(=O)=O)cc1OC. The zero-order valence-electron chi connectivity index (χ0n) is 17.7. The van der Waals surface area contributed by atoms with Gasteiger partial charge >= 0.3 is 0 Å². The van der Waals surface area contributed by atoms with Gasteiger partial charge in [-0.3, -0.25) is 9.10 Å². The van der Waals surface area contributed by atoms with Crippen molar-refractivity contribution in [2.45, 2.75) is 0 Å². The first-order valence-corrected chi connectivity index (χ1v) is 11.9. The monoisotopic (exact) mass is 467 g/mol. The fraction of sp³-hybridized carbons (Fsp3) is 0.381. The van der Waals surface area contributed by atoms with Crippen LogP contribution in [0.25, 0.3) is 0 Å². The fourth-order valence-electron chi connectivity index (χ4n) is 3.49. The third-order valence-corrected chi connectivity index (χ3v) is 6.52. The van der Waals surface area contributed by atoms with Gasteiger partial charge in [-0.2, -0.15) is 0 Å². The highest BCUT2D eigenvalue weighted by Gasteiger charge is 2.27. The van der Waals surface area contributed by atoms with E-state index < -0.39 is 10.0 Å². The number of sulfonamides is 1. The lowest BCUT2D eigenvalue weighted by Gasteiger charge is -2.37. The molecule has 2 aromatic rings. The van der Waals surface area contributed by atoms with E-state index in [-0.39, 0.29) is 12.5 Å². The van der Waals surface area contributed by atoms with E-state index in [1.807, 2.05) is 24.3 Å². The Morgan fingerprint density at radius 3 is 2.29 bits per heavy atom. The number of hydrogen-bond donors (Lipinski definition) is 0. The second-order valence-corrected chi connectivity index (χ2v) is 9.50. The predicted molar refractivity (Wildman–Crippen MR) is 122 cm³/mol. The smallest absolute Gasteiger partial charge is 0.243 e. The van der Waals surface area contributed by atoms with E-state index >= 15 is 0 Å². The number of benzene rings is 2. The number of methoxy groups -OCH3 is 2. The normalized spacial score (nSPS) is 14.3. The van der Waals surface area contributed by atoms with Crippen LogP contribution in [0.4, 0.5) is 11.4 Å². The molecular formula is C21H26ClN3O5S. The Morgan fingerprint density at radius 2 is 1.71 bits per heavy atom. The zero-order valence-corrected chi connectivity index (χ0v) is 19.3. The number of nitrogens with zero attached hydrogens (tertiary/aromatic N) is 3. The Balaban J connectivity index is 1.71. The van der Waals surface area contributed by atoms with Crippen LogP contribution in [-0.4, -0.2) is 72.4 Å². The number of amides is 1. The minimum Gasteiger partial charge on any atom is -0.493 e. The number of rotatable bonds is 7. The number of ether oxygens (including phenoxy) is 2. The van der Waals surface area contributed by atoms with Crippen LogP contribution < -0.4 is 18.7 Å². The van der Waals surface area contributed by atoms with Crippen molar-refractivity contribution in [3.63, 3.8) is 0 Å². The molecule has 1 aliphatic heterocycles. The molecule has 0 bridgehead atoms. The van der Waals surface area contributed by atoms with Crippen LogP contribution in [-0.2, 0) is 14.8 Å². The summed E-state index contributed by atoms with van der Waals surface area (Å²) in [5, 5.41) is 0.662. The first-order valence-electron chi connectivity index (χ1n) is 9.71. The topological polar surface area (TPSA) is 79.4 Å². The van der Waals surface area contributed by atoms with Crippen molar-refractivity contribution < 1.29 is 22.7 Å². The second kappa shape index (κ2) is 9.65. The van der Waals surface area contributed by atoms with Crippen LogP contribution in [0.1, 0.15) is 0 Å². The third-order valence-electron chi connectivity index (χ3n) is 5.14. The Hall–Kier alpha value is -2.65. The molecule has 0 saturated carbocycles. The van der Waals surface area contributed by atoms with Crippen molar-refractivity contribution in [3.05, 3.63) is 47.5 Å². The molecule has 8 nitrogen and oxygen atoms in total. The Bertz CT molecular complexity index is 1040. The molecule has 3 rings (SSSR count). The van der Waals surface area contributed by atoms with Crippen molar-refractivity contribution in [2.75, 3.05) is 62.4 Å². The number of hydrogen-bond acceptors (Lipinski definition) is 6. The third kappa shape index (κ3) is 5.54. The predicted octanol–water partition coefficient (Wildman–Crippen LogP) is 2.47. The van der Waals surface area contributed by atoms with Crippen LogP contribution in [0.15, 0.2) is 42.5 Å². The molecular weight excluding hydrogens is 442 g/mol. The van der Waals surface area contributed by atoms with E-state index in [0.717, 1.165) is 16.2 Å². The molecule has 1 saturated heterocycles. The van der Waals surface area contributed by atoms with Gasteiger partial charge in [0.25, 0.3) is 0 Å². The standard InChI is InChI=1S/C21H26ClN3O5S/c1-29-19-8-7-18(14-20(19)30-2)25(31(3,27)28)15-21(26)24-11-9-23(10-12-24)17-6-4-5-16(22)13-17/h4-8,13-14H,9-12,15H2,1-3H3. The van der Waals surface area contributed by atoms with Crippen LogP contribution in [0.2, 0.25) is 5.02 Å². The Kier molecular flexibility index (Phi) is 7.17. The summed E-state index contributed by atoms with van der Waals surface area (Å²) in [4.78, 5) is 16.8. The maximum Gasteiger partial charge on any atom is 0.243 e. The summed E-state index contributed by atoms with van der Waals surface area (Å²) >= 11 is 6.07. The molecule has 1 aliphatic rings. The van der Waals surface area contributed by atoms with Gasteiger partial charge < -0.3 is 19.3 Å². The van der Waals surface area contributed by atoms with E-state index in [1.165, 1.54) is 14.2 Å². The second-order valence-electron chi connectivity index (χ2n) is 7.16. The van der Waals surface area contributed by atoms with Crippen LogP contribution >= 0.6 is 11.6 Å². The highest BCUT2D eigenvalue weighted by molar-refractivity contribution is 7.92. The van der Waals surface area contributed by atoms with Gasteiger partial charge in [-0.05, 0) is 30.3 Å². The summed E-state index contributed by atoms with van der Waals surface area (Å²) in [6.07, 6.45) is 1.08. The molecule has 0 spiro atoms. The van der Waals surface area contributed by atoms with E-state index in [4.69, 9.17) is 21.1 Å². The Morgan fingerprint density at radius 1 is 1.03 bits per heavy atom. The van der Waals surface area contributed by atoms with Crippen LogP contribution in [0, 0.1) is 0 Å². The first kappa shape index (κ1) is 23.0. The van der Waals surface area contributed by atoms with Crippen LogP contribution in [0.5, 0.6) is 11.5 Å². The van der Waals surface area contributed by atoms with Gasteiger partial charge in [0.15, 0.2) is 11.5 Å². The first-order chi connectivity index (χ1) is 14.7. The van der Waals surface area contributed by atoms with Crippen LogP contribution in [0.3, 0.4) is 0 Å². The molecule has 0 atom stereocenters. The zero-order chi connectivity index (χ0) is 22.6. The molecule has 0 aromatic heterocycles. The molecule has 2 aromatic carbocycles. The van der Waals surface area contributed by atoms with Gasteiger partial charge in [-0.1, -0.05) is 17.7 Å². The molecule has 0 aliphatic carbocycles. The molecule has 31 heavy (non-hydrogen) atoms. The fourth-order valence-corrected chi connectivity index (χ4v) is 4.52. The summed E-state index contributed by atoms with van der Waals surface area (Å²) in [7, 11) is -0.723. The average molecular weight is 468 g/mol. The molecule has 10 heteroatoms. The van der Waals surface area contributed by atoms with Crippen molar-refractivity contribution >= 4 is 38.9 Å². The van der Waals surface area contributed by atoms with Gasteiger partial charge in [0.05, 0.1) is 26.2 Å². The molecule has 1 amide bonds. The number of carbonyl (C=O) groups is 1. The van der Waals surface area contributed by atoms with Gasteiger partial charge in [-0.15, -0.1) is 0 Å². The molecule has 1 fully saturated rings. The van der Waals surface area contributed by atoms with Crippen molar-refractivity contribution in [2.24, 2.45) is 0 Å². The highest BCUT2D eigenvalue weighted by atomic mass is 35.5. The number of anilines is 2. The summed E-state index contributed by atoms with van der Waals surface area (Å²) in [6.45, 7) is 1.98. The minimum absolute atomic E-state index is 0.258. The average Bonchev–Trinajstić information content (AvgIpc) is 2.76. The number of halogens is 1. The van der Waals surface area contributed by atoms with E-state index in [2.05, 4.69) is 4.90 Å². The summed E-state index contributed by atoms with van der Waals surface area (Å²) in [5.41, 5.74) is 1.34. The van der Waals surface area contributed by atoms with E-state index in [0.29, 0.717) is 48.4 Å². The minimum atomic E-state index is -3.69. The molecule has 0 unspecified atom stereocenters. The van der Waals surface area contributed by atoms with Gasteiger partial charge in [0.1, 0.15) is 6.54 Å². The maximum atomic E-state index is 12.9. The van der Waals surface area contributed by atoms with Gasteiger partial charge in [0.2, 0.25) is 15.9 Å². The molecule has 1 heterocycles. The molecule has 0 N–H and O–H groups in total. The van der Waals surface area contributed by atoms with Gasteiger partial charge in [-0.25, -0.2) is 8.42 Å². The lowest BCUT2D eigenvalue weighted by molar-refractivity contribution is -0.129. The summed E-state index contributed by atoms with van der Waals surface area (Å²) in [6, 6.07) is 12.3. The molecule has 168 valence electrons. The van der Waals surface area contributed by atoms with Crippen molar-refractivity contribution in [1.29, 1.82) is 0 Å². The summed E-state index contributed by atoms with van der Waals surface area (Å²) < 4.78 is 36.4. The summed E-state index contributed by atoms with van der Waals surface area (Å²) in [5.74, 6) is 0.602.